The first-order valence-electron chi connectivity index (χ1n) is 34.0. The molecule has 0 aliphatic heterocycles. The highest BCUT2D eigenvalue weighted by Crippen LogP contribution is 2.16. The molecule has 1 unspecified atom stereocenters. The molecule has 0 aliphatic carbocycles. The van der Waals surface area contributed by atoms with Crippen molar-refractivity contribution in [3.8, 4) is 0 Å². The summed E-state index contributed by atoms with van der Waals surface area (Å²) in [6.07, 6.45) is 101. The molecule has 1 atom stereocenters. The van der Waals surface area contributed by atoms with E-state index in [9.17, 15) is 14.4 Å². The second-order valence-corrected chi connectivity index (χ2v) is 21.9. The zero-order chi connectivity index (χ0) is 59.9. The zero-order valence-electron chi connectivity index (χ0n) is 53.7. The Morgan fingerprint density at radius 1 is 0.241 bits per heavy atom. The summed E-state index contributed by atoms with van der Waals surface area (Å²) in [6, 6.07) is 0. The van der Waals surface area contributed by atoms with Crippen molar-refractivity contribution in [1.29, 1.82) is 0 Å². The molecule has 0 aromatic carbocycles. The summed E-state index contributed by atoms with van der Waals surface area (Å²) in [5.41, 5.74) is 0. The fourth-order valence-corrected chi connectivity index (χ4v) is 9.04. The second kappa shape index (κ2) is 69.5. The third-order valence-electron chi connectivity index (χ3n) is 14.0. The van der Waals surface area contributed by atoms with E-state index in [1.165, 1.54) is 103 Å². The summed E-state index contributed by atoms with van der Waals surface area (Å²) < 4.78 is 16.9. The molecule has 0 spiro atoms. The maximum absolute atomic E-state index is 12.9. The minimum absolute atomic E-state index is 0.100. The van der Waals surface area contributed by atoms with E-state index in [2.05, 4.69) is 179 Å². The minimum Gasteiger partial charge on any atom is -0.462 e. The number of unbranched alkanes of at least 4 members (excludes halogenated alkanes) is 23. The molecule has 468 valence electrons. The average molecular weight is 1150 g/mol. The van der Waals surface area contributed by atoms with Crippen LogP contribution in [0.2, 0.25) is 0 Å². The SMILES string of the molecule is CC/C=C\C/C=C\C/C=C\C/C=C\C/C=C\CCCCCCCCCCCCCCCC(=O)OCC(COC(=O)CCCC/C=C\C/C=C\C/C=C\C/C=C\CC)OC(=O)CCCCCCCCCC/C=C\C/C=C\C/C=C\C/C=C\CC. The van der Waals surface area contributed by atoms with Gasteiger partial charge < -0.3 is 14.2 Å². The highest BCUT2D eigenvalue weighted by atomic mass is 16.6. The Morgan fingerprint density at radius 2 is 0.434 bits per heavy atom. The van der Waals surface area contributed by atoms with Crippen molar-refractivity contribution in [2.24, 2.45) is 0 Å². The predicted octanol–water partition coefficient (Wildman–Crippen LogP) is 23.7. The number of ether oxygens (including phenoxy) is 3. The molecule has 0 amide bonds. The molecular weight excluding hydrogens is 1020 g/mol. The molecule has 0 aromatic rings. The number of esters is 3. The van der Waals surface area contributed by atoms with E-state index in [0.717, 1.165) is 148 Å². The van der Waals surface area contributed by atoms with Crippen LogP contribution >= 0.6 is 0 Å². The molecule has 0 fully saturated rings. The van der Waals surface area contributed by atoms with Crippen molar-refractivity contribution in [2.45, 2.75) is 297 Å². The number of rotatable bonds is 60. The van der Waals surface area contributed by atoms with Crippen LogP contribution in [0.1, 0.15) is 290 Å². The molecular formula is C77H124O6. The fourth-order valence-electron chi connectivity index (χ4n) is 9.04. The Balaban J connectivity index is 4.37. The van der Waals surface area contributed by atoms with Crippen molar-refractivity contribution >= 4 is 17.9 Å². The molecule has 0 radical (unpaired) electrons. The fraction of sp³-hybridized carbons (Fsp3) is 0.623. The van der Waals surface area contributed by atoms with Gasteiger partial charge in [0.05, 0.1) is 0 Å². The Bertz CT molecular complexity index is 1840. The van der Waals surface area contributed by atoms with Crippen LogP contribution in [-0.4, -0.2) is 37.2 Å². The molecule has 0 rings (SSSR count). The molecule has 6 heteroatoms. The van der Waals surface area contributed by atoms with E-state index < -0.39 is 6.10 Å². The molecule has 0 aromatic heterocycles. The number of carbonyl (C=O) groups is 3. The maximum Gasteiger partial charge on any atom is 0.306 e. The van der Waals surface area contributed by atoms with Crippen LogP contribution in [0.15, 0.2) is 158 Å². The number of hydrogen-bond donors (Lipinski definition) is 0. The van der Waals surface area contributed by atoms with Gasteiger partial charge in [0.1, 0.15) is 13.2 Å². The van der Waals surface area contributed by atoms with Crippen molar-refractivity contribution in [2.75, 3.05) is 13.2 Å². The van der Waals surface area contributed by atoms with Crippen LogP contribution in [-0.2, 0) is 28.6 Å². The van der Waals surface area contributed by atoms with Gasteiger partial charge in [0.25, 0.3) is 0 Å². The Morgan fingerprint density at radius 3 is 0.699 bits per heavy atom. The average Bonchev–Trinajstić information content (AvgIpc) is 3.49. The lowest BCUT2D eigenvalue weighted by molar-refractivity contribution is -0.167. The third kappa shape index (κ3) is 67.7. The third-order valence-corrected chi connectivity index (χ3v) is 14.0. The molecule has 83 heavy (non-hydrogen) atoms. The van der Waals surface area contributed by atoms with Gasteiger partial charge in [-0.15, -0.1) is 0 Å². The Hall–Kier alpha value is -4.97. The summed E-state index contributed by atoms with van der Waals surface area (Å²) in [7, 11) is 0. The molecule has 0 heterocycles. The van der Waals surface area contributed by atoms with E-state index in [1.54, 1.807) is 0 Å². The molecule has 0 saturated heterocycles. The lowest BCUT2D eigenvalue weighted by atomic mass is 10.0. The summed E-state index contributed by atoms with van der Waals surface area (Å²) in [6.45, 7) is 6.27. The van der Waals surface area contributed by atoms with E-state index in [1.807, 2.05) is 0 Å². The Kier molecular flexibility index (Phi) is 65.4. The molecule has 0 bridgehead atoms. The van der Waals surface area contributed by atoms with Crippen LogP contribution in [0.4, 0.5) is 0 Å². The molecule has 0 saturated carbocycles. The highest BCUT2D eigenvalue weighted by Gasteiger charge is 2.19. The predicted molar refractivity (Wildman–Crippen MR) is 362 cm³/mol. The topological polar surface area (TPSA) is 78.9 Å². The van der Waals surface area contributed by atoms with Crippen LogP contribution in [0.5, 0.6) is 0 Å². The number of carbonyl (C=O) groups excluding carboxylic acids is 3. The van der Waals surface area contributed by atoms with Gasteiger partial charge in [0, 0.05) is 19.3 Å². The largest absolute Gasteiger partial charge is 0.462 e. The van der Waals surface area contributed by atoms with Crippen LogP contribution < -0.4 is 0 Å². The molecule has 6 nitrogen and oxygen atoms in total. The first-order valence-corrected chi connectivity index (χ1v) is 34.0. The van der Waals surface area contributed by atoms with Crippen LogP contribution in [0.25, 0.3) is 0 Å². The first-order chi connectivity index (χ1) is 41.0. The van der Waals surface area contributed by atoms with Gasteiger partial charge in [-0.05, 0) is 141 Å². The highest BCUT2D eigenvalue weighted by molar-refractivity contribution is 5.71. The molecule has 0 N–H and O–H groups in total. The quantitative estimate of drug-likeness (QED) is 0.0261. The van der Waals surface area contributed by atoms with E-state index in [4.69, 9.17) is 14.2 Å². The van der Waals surface area contributed by atoms with Gasteiger partial charge in [-0.25, -0.2) is 0 Å². The lowest BCUT2D eigenvalue weighted by Crippen LogP contribution is -2.30. The second-order valence-electron chi connectivity index (χ2n) is 21.9. The normalized spacial score (nSPS) is 13.1. The van der Waals surface area contributed by atoms with Crippen molar-refractivity contribution in [3.63, 3.8) is 0 Å². The van der Waals surface area contributed by atoms with E-state index in [-0.39, 0.29) is 31.1 Å². The smallest absolute Gasteiger partial charge is 0.306 e. The summed E-state index contributed by atoms with van der Waals surface area (Å²) in [5.74, 6) is -0.950. The Labute approximate surface area is 511 Å². The van der Waals surface area contributed by atoms with E-state index >= 15 is 0 Å². The standard InChI is InChI=1S/C77H124O6/c1-4-7-10-13-16-19-22-25-28-30-32-34-35-36-37-38-39-40-41-43-44-46-49-52-55-58-61-64-67-70-76(79)82-73-74(72-81-75(78)69-66-63-60-57-54-51-48-27-24-21-18-15-12-9-6-3)83-77(80)71-68-65-62-59-56-53-50-47-45-42-33-31-29-26-23-20-17-14-11-8-5-2/h7-12,16-21,25-29,32-34,36-37,42,48,54,57,74H,4-6,13-15,22-24,30-31,35,38-41,43-47,49-53,55-56,58-73H2,1-3H3/b10-7-,11-8-,12-9-,19-16-,20-17-,21-18-,28-25-,29-26-,34-32-,37-36-,42-33-,48-27-,57-54-. The van der Waals surface area contributed by atoms with Gasteiger partial charge in [0.15, 0.2) is 6.10 Å². The maximum atomic E-state index is 12.9. The lowest BCUT2D eigenvalue weighted by Gasteiger charge is -2.18. The van der Waals surface area contributed by atoms with Crippen LogP contribution in [0.3, 0.4) is 0 Å². The van der Waals surface area contributed by atoms with Crippen LogP contribution in [0, 0.1) is 0 Å². The zero-order valence-corrected chi connectivity index (χ0v) is 53.7. The number of hydrogen-bond acceptors (Lipinski definition) is 6. The summed E-state index contributed by atoms with van der Waals surface area (Å²) in [4.78, 5) is 38.4. The van der Waals surface area contributed by atoms with Crippen molar-refractivity contribution in [1.82, 2.24) is 0 Å². The first kappa shape index (κ1) is 78.0. The summed E-state index contributed by atoms with van der Waals surface area (Å²) >= 11 is 0. The van der Waals surface area contributed by atoms with Gasteiger partial charge in [0.2, 0.25) is 0 Å². The van der Waals surface area contributed by atoms with Gasteiger partial charge in [-0.1, -0.05) is 288 Å². The summed E-state index contributed by atoms with van der Waals surface area (Å²) in [5, 5.41) is 0. The van der Waals surface area contributed by atoms with Crippen molar-refractivity contribution in [3.05, 3.63) is 158 Å². The van der Waals surface area contributed by atoms with Crippen molar-refractivity contribution < 1.29 is 28.6 Å². The number of allylic oxidation sites excluding steroid dienone is 26. The minimum atomic E-state index is -0.809. The van der Waals surface area contributed by atoms with E-state index in [0.29, 0.717) is 19.3 Å². The monoisotopic (exact) mass is 1140 g/mol. The molecule has 0 aliphatic rings. The van der Waals surface area contributed by atoms with Gasteiger partial charge in [-0.2, -0.15) is 0 Å². The van der Waals surface area contributed by atoms with Gasteiger partial charge in [-0.3, -0.25) is 14.4 Å². The van der Waals surface area contributed by atoms with Gasteiger partial charge >= 0.3 is 17.9 Å².